The second kappa shape index (κ2) is 8.02. The molecule has 2 rings (SSSR count). The highest BCUT2D eigenvalue weighted by atomic mass is 32.2. The Morgan fingerprint density at radius 1 is 1.20 bits per heavy atom. The third-order valence-corrected chi connectivity index (χ3v) is 5.01. The number of carbonyl (C=O) groups excluding carboxylic acids is 1. The highest BCUT2D eigenvalue weighted by Crippen LogP contribution is 2.25. The van der Waals surface area contributed by atoms with Crippen LogP contribution in [0.25, 0.3) is 0 Å². The van der Waals surface area contributed by atoms with Crippen LogP contribution in [0.4, 0.5) is 5.69 Å². The highest BCUT2D eigenvalue weighted by molar-refractivity contribution is 7.92. The number of rotatable bonds is 8. The zero-order valence-corrected chi connectivity index (χ0v) is 15.1. The van der Waals surface area contributed by atoms with Crippen molar-refractivity contribution in [3.8, 4) is 5.75 Å². The zero-order chi connectivity index (χ0) is 18.4. The number of anilines is 1. The Hall–Kier alpha value is -2.54. The molecule has 0 bridgehead atoms. The predicted octanol–water partition coefficient (Wildman–Crippen LogP) is 3.07. The summed E-state index contributed by atoms with van der Waals surface area (Å²) < 4.78 is 33.2. The van der Waals surface area contributed by atoms with Gasteiger partial charge in [0.1, 0.15) is 5.75 Å². The standard InChI is InChI=1S/C18H22N2O4S/c1-3-4-11-24-17-10-9-14(12-13(17)2)25(22,23)20-16-8-6-5-7-15(16)18(19)21/h5-10,12,20H,3-4,11H2,1-2H3,(H2,19,21). The molecular formula is C18H22N2O4S. The van der Waals surface area contributed by atoms with Crippen molar-refractivity contribution in [3.05, 3.63) is 53.6 Å². The van der Waals surface area contributed by atoms with Crippen molar-refractivity contribution in [2.24, 2.45) is 5.73 Å². The molecule has 0 aliphatic carbocycles. The van der Waals surface area contributed by atoms with Gasteiger partial charge < -0.3 is 10.5 Å². The van der Waals surface area contributed by atoms with Gasteiger partial charge in [0.05, 0.1) is 22.8 Å². The number of hydrogen-bond donors (Lipinski definition) is 2. The summed E-state index contributed by atoms with van der Waals surface area (Å²) in [4.78, 5) is 11.5. The SMILES string of the molecule is CCCCOc1ccc(S(=O)(=O)Nc2ccccc2C(N)=O)cc1C. The van der Waals surface area contributed by atoms with E-state index < -0.39 is 15.9 Å². The van der Waals surface area contributed by atoms with Gasteiger partial charge in [-0.15, -0.1) is 0 Å². The zero-order valence-electron chi connectivity index (χ0n) is 14.3. The average Bonchev–Trinajstić information content (AvgIpc) is 2.56. The lowest BCUT2D eigenvalue weighted by atomic mass is 10.2. The molecular weight excluding hydrogens is 340 g/mol. The maximum Gasteiger partial charge on any atom is 0.261 e. The molecule has 3 N–H and O–H groups in total. The van der Waals surface area contributed by atoms with Crippen LogP contribution in [0.2, 0.25) is 0 Å². The summed E-state index contributed by atoms with van der Waals surface area (Å²) >= 11 is 0. The summed E-state index contributed by atoms with van der Waals surface area (Å²) in [6.07, 6.45) is 1.96. The Labute approximate surface area is 148 Å². The molecule has 0 saturated heterocycles. The Kier molecular flexibility index (Phi) is 6.03. The van der Waals surface area contributed by atoms with Gasteiger partial charge in [0, 0.05) is 0 Å². The molecule has 0 fully saturated rings. The fourth-order valence-electron chi connectivity index (χ4n) is 2.27. The number of para-hydroxylation sites is 1. The molecule has 0 aliphatic heterocycles. The van der Waals surface area contributed by atoms with Crippen LogP contribution in [0.1, 0.15) is 35.7 Å². The first-order valence-electron chi connectivity index (χ1n) is 8.00. The molecule has 0 unspecified atom stereocenters. The van der Waals surface area contributed by atoms with Crippen LogP contribution < -0.4 is 15.2 Å². The van der Waals surface area contributed by atoms with Crippen LogP contribution >= 0.6 is 0 Å². The quantitative estimate of drug-likeness (QED) is 0.705. The van der Waals surface area contributed by atoms with E-state index in [1.165, 1.54) is 24.3 Å². The van der Waals surface area contributed by atoms with E-state index in [-0.39, 0.29) is 16.1 Å². The Morgan fingerprint density at radius 3 is 2.56 bits per heavy atom. The Morgan fingerprint density at radius 2 is 1.92 bits per heavy atom. The number of nitrogens with two attached hydrogens (primary N) is 1. The number of sulfonamides is 1. The summed E-state index contributed by atoms with van der Waals surface area (Å²) in [5.41, 5.74) is 6.27. The van der Waals surface area contributed by atoms with Crippen LogP contribution in [0, 0.1) is 6.92 Å². The van der Waals surface area contributed by atoms with Crippen molar-refractivity contribution in [1.82, 2.24) is 0 Å². The van der Waals surface area contributed by atoms with Crippen molar-refractivity contribution in [3.63, 3.8) is 0 Å². The number of benzene rings is 2. The first kappa shape index (κ1) is 18.8. The van der Waals surface area contributed by atoms with E-state index in [2.05, 4.69) is 11.6 Å². The lowest BCUT2D eigenvalue weighted by Crippen LogP contribution is -2.18. The summed E-state index contributed by atoms with van der Waals surface area (Å²) in [6, 6.07) is 10.9. The van der Waals surface area contributed by atoms with E-state index in [4.69, 9.17) is 10.5 Å². The minimum Gasteiger partial charge on any atom is -0.493 e. The van der Waals surface area contributed by atoms with Crippen LogP contribution in [0.3, 0.4) is 0 Å². The van der Waals surface area contributed by atoms with Crippen molar-refractivity contribution in [2.75, 3.05) is 11.3 Å². The minimum atomic E-state index is -3.85. The second-order valence-electron chi connectivity index (χ2n) is 5.64. The smallest absolute Gasteiger partial charge is 0.261 e. The fraction of sp³-hybridized carbons (Fsp3) is 0.278. The maximum absolute atomic E-state index is 12.6. The summed E-state index contributed by atoms with van der Waals surface area (Å²) in [5, 5.41) is 0. The number of unbranched alkanes of at least 4 members (excludes halogenated alkanes) is 1. The van der Waals surface area contributed by atoms with Gasteiger partial charge in [0.2, 0.25) is 0 Å². The molecule has 0 saturated carbocycles. The average molecular weight is 362 g/mol. The van der Waals surface area contributed by atoms with Crippen molar-refractivity contribution in [2.45, 2.75) is 31.6 Å². The van der Waals surface area contributed by atoms with Gasteiger partial charge in [-0.05, 0) is 49.2 Å². The third kappa shape index (κ3) is 4.73. The van der Waals surface area contributed by atoms with Gasteiger partial charge in [-0.1, -0.05) is 25.5 Å². The Balaban J connectivity index is 2.26. The molecule has 7 heteroatoms. The molecule has 0 heterocycles. The van der Waals surface area contributed by atoms with Gasteiger partial charge >= 0.3 is 0 Å². The van der Waals surface area contributed by atoms with Gasteiger partial charge in [0.15, 0.2) is 0 Å². The van der Waals surface area contributed by atoms with Gasteiger partial charge in [-0.25, -0.2) is 8.42 Å². The van der Waals surface area contributed by atoms with E-state index in [9.17, 15) is 13.2 Å². The Bertz CT molecular complexity index is 863. The van der Waals surface area contributed by atoms with E-state index in [1.54, 1.807) is 25.1 Å². The lowest BCUT2D eigenvalue weighted by Gasteiger charge is -2.13. The molecule has 6 nitrogen and oxygen atoms in total. The van der Waals surface area contributed by atoms with Gasteiger partial charge in [0.25, 0.3) is 15.9 Å². The summed E-state index contributed by atoms with van der Waals surface area (Å²) in [5.74, 6) is -0.0425. The molecule has 0 spiro atoms. The van der Waals surface area contributed by atoms with E-state index in [0.29, 0.717) is 12.4 Å². The van der Waals surface area contributed by atoms with E-state index in [0.717, 1.165) is 18.4 Å². The normalized spacial score (nSPS) is 11.1. The first-order valence-corrected chi connectivity index (χ1v) is 9.48. The lowest BCUT2D eigenvalue weighted by molar-refractivity contribution is 0.100. The molecule has 25 heavy (non-hydrogen) atoms. The number of aryl methyl sites for hydroxylation is 1. The summed E-state index contributed by atoms with van der Waals surface area (Å²) in [7, 11) is -3.85. The molecule has 2 aromatic carbocycles. The minimum absolute atomic E-state index is 0.0899. The van der Waals surface area contributed by atoms with Crippen molar-refractivity contribution in [1.29, 1.82) is 0 Å². The second-order valence-corrected chi connectivity index (χ2v) is 7.33. The number of carbonyl (C=O) groups is 1. The number of hydrogen-bond acceptors (Lipinski definition) is 4. The third-order valence-electron chi connectivity index (χ3n) is 3.65. The maximum atomic E-state index is 12.6. The highest BCUT2D eigenvalue weighted by Gasteiger charge is 2.18. The van der Waals surface area contributed by atoms with Crippen LogP contribution in [-0.4, -0.2) is 20.9 Å². The topological polar surface area (TPSA) is 98.5 Å². The van der Waals surface area contributed by atoms with Crippen molar-refractivity contribution >= 4 is 21.6 Å². The predicted molar refractivity (Wildman–Crippen MR) is 97.4 cm³/mol. The molecule has 0 aliphatic rings. The van der Waals surface area contributed by atoms with Crippen LogP contribution in [0.5, 0.6) is 5.75 Å². The molecule has 1 amide bonds. The number of nitrogens with one attached hydrogen (secondary N) is 1. The van der Waals surface area contributed by atoms with Crippen molar-refractivity contribution < 1.29 is 17.9 Å². The van der Waals surface area contributed by atoms with Gasteiger partial charge in [-0.3, -0.25) is 9.52 Å². The summed E-state index contributed by atoms with van der Waals surface area (Å²) in [6.45, 7) is 4.45. The monoisotopic (exact) mass is 362 g/mol. The molecule has 0 aromatic heterocycles. The van der Waals surface area contributed by atoms with Crippen LogP contribution in [-0.2, 0) is 10.0 Å². The molecule has 134 valence electrons. The largest absolute Gasteiger partial charge is 0.493 e. The van der Waals surface area contributed by atoms with E-state index in [1.807, 2.05) is 0 Å². The molecule has 0 atom stereocenters. The number of amides is 1. The van der Waals surface area contributed by atoms with Crippen LogP contribution in [0.15, 0.2) is 47.4 Å². The fourth-order valence-corrected chi connectivity index (χ4v) is 3.43. The van der Waals surface area contributed by atoms with Gasteiger partial charge in [-0.2, -0.15) is 0 Å². The first-order chi connectivity index (χ1) is 11.8. The van der Waals surface area contributed by atoms with E-state index >= 15 is 0 Å². The molecule has 0 radical (unpaired) electrons. The molecule has 2 aromatic rings. The number of ether oxygens (including phenoxy) is 1. The number of primary amides is 1.